The Morgan fingerprint density at radius 2 is 2.44 bits per heavy atom. The van der Waals surface area contributed by atoms with Gasteiger partial charge in [0.05, 0.1) is 25.3 Å². The summed E-state index contributed by atoms with van der Waals surface area (Å²) in [6.45, 7) is 2.85. The number of hydrogen-bond donors (Lipinski definition) is 0. The predicted molar refractivity (Wildman–Crippen MR) is 60.3 cm³/mol. The number of rotatable bonds is 3. The lowest BCUT2D eigenvalue weighted by Gasteiger charge is -2.00. The molecule has 0 N–H and O–H groups in total. The van der Waals surface area contributed by atoms with Crippen LogP contribution in [0.15, 0.2) is 17.9 Å². The minimum atomic E-state index is -0.412. The number of imidazole rings is 1. The molecule has 0 spiro atoms. The first-order valence-corrected chi connectivity index (χ1v) is 5.68. The second kappa shape index (κ2) is 4.44. The van der Waals surface area contributed by atoms with E-state index in [1.165, 1.54) is 18.4 Å². The van der Waals surface area contributed by atoms with Gasteiger partial charge < -0.3 is 9.30 Å². The number of ether oxygens (including phenoxy) is 1. The van der Waals surface area contributed by atoms with Gasteiger partial charge in [0.1, 0.15) is 5.01 Å². The van der Waals surface area contributed by atoms with Crippen molar-refractivity contribution in [3.05, 3.63) is 23.6 Å². The Kier molecular flexibility index (Phi) is 3.00. The zero-order valence-electron chi connectivity index (χ0n) is 9.01. The molecule has 0 aromatic carbocycles. The molecule has 0 atom stereocenters. The van der Waals surface area contributed by atoms with E-state index in [-0.39, 0.29) is 0 Å². The molecule has 0 aliphatic carbocycles. The Labute approximate surface area is 96.7 Å². The standard InChI is InChI=1S/C10H11N3O2S/c1-3-13-6-11-4-8(13)9-12-7(5-16-9)10(14)15-2/h4-6H,3H2,1-2H3. The summed E-state index contributed by atoms with van der Waals surface area (Å²) in [6, 6.07) is 0. The molecule has 2 aromatic rings. The highest BCUT2D eigenvalue weighted by Crippen LogP contribution is 2.23. The van der Waals surface area contributed by atoms with Gasteiger partial charge in [0, 0.05) is 11.9 Å². The minimum absolute atomic E-state index is 0.339. The molecular weight excluding hydrogens is 226 g/mol. The smallest absolute Gasteiger partial charge is 0.357 e. The van der Waals surface area contributed by atoms with Gasteiger partial charge in [-0.05, 0) is 6.92 Å². The molecule has 84 valence electrons. The van der Waals surface area contributed by atoms with Gasteiger partial charge in [-0.15, -0.1) is 11.3 Å². The van der Waals surface area contributed by atoms with Crippen LogP contribution >= 0.6 is 11.3 Å². The van der Waals surface area contributed by atoms with Gasteiger partial charge in [0.15, 0.2) is 5.69 Å². The average molecular weight is 237 g/mol. The first-order valence-electron chi connectivity index (χ1n) is 4.80. The second-order valence-corrected chi connectivity index (χ2v) is 3.95. The normalized spacial score (nSPS) is 10.4. The van der Waals surface area contributed by atoms with Gasteiger partial charge in [-0.25, -0.2) is 14.8 Å². The molecule has 0 bridgehead atoms. The summed E-state index contributed by atoms with van der Waals surface area (Å²) in [5, 5.41) is 2.47. The lowest BCUT2D eigenvalue weighted by atomic mass is 10.4. The molecule has 0 saturated heterocycles. The zero-order valence-corrected chi connectivity index (χ0v) is 9.82. The Bertz CT molecular complexity index is 504. The van der Waals surface area contributed by atoms with E-state index < -0.39 is 5.97 Å². The molecule has 0 aliphatic heterocycles. The summed E-state index contributed by atoms with van der Waals surface area (Å²) >= 11 is 1.41. The van der Waals surface area contributed by atoms with E-state index in [0.717, 1.165) is 17.2 Å². The van der Waals surface area contributed by atoms with Crippen LogP contribution in [-0.2, 0) is 11.3 Å². The number of carbonyl (C=O) groups is 1. The molecule has 0 unspecified atom stereocenters. The number of aromatic nitrogens is 3. The van der Waals surface area contributed by atoms with E-state index in [1.807, 2.05) is 11.5 Å². The number of carbonyl (C=O) groups excluding carboxylic acids is 1. The van der Waals surface area contributed by atoms with Crippen molar-refractivity contribution in [1.82, 2.24) is 14.5 Å². The van der Waals surface area contributed by atoms with Crippen LogP contribution in [0.3, 0.4) is 0 Å². The van der Waals surface area contributed by atoms with E-state index in [0.29, 0.717) is 5.69 Å². The monoisotopic (exact) mass is 237 g/mol. The van der Waals surface area contributed by atoms with E-state index in [4.69, 9.17) is 0 Å². The van der Waals surface area contributed by atoms with Crippen LogP contribution in [0, 0.1) is 0 Å². The van der Waals surface area contributed by atoms with Gasteiger partial charge in [-0.3, -0.25) is 0 Å². The maximum Gasteiger partial charge on any atom is 0.357 e. The summed E-state index contributed by atoms with van der Waals surface area (Å²) in [5.74, 6) is -0.412. The molecule has 0 amide bonds. The lowest BCUT2D eigenvalue weighted by molar-refractivity contribution is 0.0595. The van der Waals surface area contributed by atoms with Gasteiger partial charge in [-0.2, -0.15) is 0 Å². The molecule has 2 heterocycles. The van der Waals surface area contributed by atoms with Crippen LogP contribution < -0.4 is 0 Å². The van der Waals surface area contributed by atoms with Crippen LogP contribution in [0.1, 0.15) is 17.4 Å². The van der Waals surface area contributed by atoms with E-state index >= 15 is 0 Å². The largest absolute Gasteiger partial charge is 0.464 e. The van der Waals surface area contributed by atoms with Crippen molar-refractivity contribution < 1.29 is 9.53 Å². The molecule has 0 radical (unpaired) electrons. The molecular formula is C10H11N3O2S. The quantitative estimate of drug-likeness (QED) is 0.764. The highest BCUT2D eigenvalue weighted by Gasteiger charge is 2.13. The van der Waals surface area contributed by atoms with E-state index in [9.17, 15) is 4.79 Å². The summed E-state index contributed by atoms with van der Waals surface area (Å²) in [4.78, 5) is 19.5. The Balaban J connectivity index is 2.35. The van der Waals surface area contributed by atoms with Gasteiger partial charge in [0.2, 0.25) is 0 Å². The zero-order chi connectivity index (χ0) is 11.5. The number of hydrogen-bond acceptors (Lipinski definition) is 5. The fraction of sp³-hybridized carbons (Fsp3) is 0.300. The summed E-state index contributed by atoms with van der Waals surface area (Å²) in [5.41, 5.74) is 1.26. The SMILES string of the molecule is CCn1cncc1-c1nc(C(=O)OC)cs1. The minimum Gasteiger partial charge on any atom is -0.464 e. The Morgan fingerprint density at radius 3 is 3.12 bits per heavy atom. The van der Waals surface area contributed by atoms with Crippen molar-refractivity contribution >= 4 is 17.3 Å². The average Bonchev–Trinajstić information content (AvgIpc) is 2.95. The number of methoxy groups -OCH3 is 1. The van der Waals surface area contributed by atoms with Crippen molar-refractivity contribution in [1.29, 1.82) is 0 Å². The molecule has 0 fully saturated rings. The summed E-state index contributed by atoms with van der Waals surface area (Å²) < 4.78 is 6.58. The fourth-order valence-electron chi connectivity index (χ4n) is 1.34. The van der Waals surface area contributed by atoms with Crippen molar-refractivity contribution in [2.24, 2.45) is 0 Å². The molecule has 2 rings (SSSR count). The van der Waals surface area contributed by atoms with E-state index in [1.54, 1.807) is 17.9 Å². The summed E-state index contributed by atoms with van der Waals surface area (Å²) in [6.07, 6.45) is 3.48. The van der Waals surface area contributed by atoms with Crippen LogP contribution in [0.2, 0.25) is 0 Å². The predicted octanol–water partition coefficient (Wildman–Crippen LogP) is 1.81. The highest BCUT2D eigenvalue weighted by atomic mass is 32.1. The van der Waals surface area contributed by atoms with Gasteiger partial charge >= 0.3 is 5.97 Å². The maximum absolute atomic E-state index is 11.3. The third kappa shape index (κ3) is 1.83. The van der Waals surface area contributed by atoms with Crippen LogP contribution in [-0.4, -0.2) is 27.6 Å². The van der Waals surface area contributed by atoms with Gasteiger partial charge in [-0.1, -0.05) is 0 Å². The number of aryl methyl sites for hydroxylation is 1. The number of thiazole rings is 1. The second-order valence-electron chi connectivity index (χ2n) is 3.09. The fourth-order valence-corrected chi connectivity index (χ4v) is 2.15. The molecule has 5 nitrogen and oxygen atoms in total. The molecule has 16 heavy (non-hydrogen) atoms. The first kappa shape index (κ1) is 10.8. The van der Waals surface area contributed by atoms with Crippen molar-refractivity contribution in [3.8, 4) is 10.7 Å². The topological polar surface area (TPSA) is 57.0 Å². The molecule has 0 aliphatic rings. The summed E-state index contributed by atoms with van der Waals surface area (Å²) in [7, 11) is 1.34. The van der Waals surface area contributed by atoms with Crippen LogP contribution in [0.5, 0.6) is 0 Å². The lowest BCUT2D eigenvalue weighted by Crippen LogP contribution is -2.01. The third-order valence-electron chi connectivity index (χ3n) is 2.17. The first-order chi connectivity index (χ1) is 7.76. The highest BCUT2D eigenvalue weighted by molar-refractivity contribution is 7.13. The Hall–Kier alpha value is -1.69. The molecule has 6 heteroatoms. The van der Waals surface area contributed by atoms with E-state index in [2.05, 4.69) is 14.7 Å². The van der Waals surface area contributed by atoms with Gasteiger partial charge in [0.25, 0.3) is 0 Å². The molecule has 0 saturated carbocycles. The van der Waals surface area contributed by atoms with Crippen molar-refractivity contribution in [2.45, 2.75) is 13.5 Å². The van der Waals surface area contributed by atoms with Crippen molar-refractivity contribution in [2.75, 3.05) is 7.11 Å². The maximum atomic E-state index is 11.3. The van der Waals surface area contributed by atoms with Crippen LogP contribution in [0.25, 0.3) is 10.7 Å². The third-order valence-corrected chi connectivity index (χ3v) is 3.04. The molecule has 2 aromatic heterocycles. The number of esters is 1. The Morgan fingerprint density at radius 1 is 1.62 bits per heavy atom. The van der Waals surface area contributed by atoms with Crippen molar-refractivity contribution in [3.63, 3.8) is 0 Å². The van der Waals surface area contributed by atoms with Crippen LogP contribution in [0.4, 0.5) is 0 Å². The number of nitrogens with zero attached hydrogens (tertiary/aromatic N) is 3.